The van der Waals surface area contributed by atoms with E-state index in [1.807, 2.05) is 13.0 Å². The molecule has 4 heteroatoms. The minimum Gasteiger partial charge on any atom is -0.354 e. The highest BCUT2D eigenvalue weighted by molar-refractivity contribution is 5.50. The average molecular weight is 254 g/mol. The standard InChI is InChI=1S/C15H18N4/c1-3-16-15-17-11(2)8-14(18-15)19-9-12-6-4-5-7-13(12)10-19/h4-8H,3,9-10H2,1-2H3,(H,16,17,18). The Kier molecular flexibility index (Phi) is 3.07. The van der Waals surface area contributed by atoms with E-state index < -0.39 is 0 Å². The van der Waals surface area contributed by atoms with Crippen LogP contribution in [0.2, 0.25) is 0 Å². The lowest BCUT2D eigenvalue weighted by molar-refractivity contribution is 0.847. The fourth-order valence-electron chi connectivity index (χ4n) is 2.45. The van der Waals surface area contributed by atoms with E-state index in [0.717, 1.165) is 31.1 Å². The van der Waals surface area contributed by atoms with Crippen LogP contribution in [0.3, 0.4) is 0 Å². The summed E-state index contributed by atoms with van der Waals surface area (Å²) in [4.78, 5) is 11.3. The van der Waals surface area contributed by atoms with Crippen LogP contribution >= 0.6 is 0 Å². The van der Waals surface area contributed by atoms with Gasteiger partial charge in [-0.25, -0.2) is 4.98 Å². The van der Waals surface area contributed by atoms with Crippen molar-refractivity contribution in [3.8, 4) is 0 Å². The highest BCUT2D eigenvalue weighted by Gasteiger charge is 2.20. The average Bonchev–Trinajstić information content (AvgIpc) is 2.82. The van der Waals surface area contributed by atoms with Crippen LogP contribution in [0.5, 0.6) is 0 Å². The maximum absolute atomic E-state index is 4.59. The molecule has 0 saturated heterocycles. The number of rotatable bonds is 3. The summed E-state index contributed by atoms with van der Waals surface area (Å²) in [6.45, 7) is 6.76. The molecule has 0 amide bonds. The Morgan fingerprint density at radius 2 is 1.84 bits per heavy atom. The Bertz CT molecular complexity index is 569. The predicted molar refractivity (Wildman–Crippen MR) is 77.3 cm³/mol. The predicted octanol–water partition coefficient (Wildman–Crippen LogP) is 2.74. The van der Waals surface area contributed by atoms with Crippen LogP contribution < -0.4 is 10.2 Å². The molecular weight excluding hydrogens is 236 g/mol. The van der Waals surface area contributed by atoms with Crippen molar-refractivity contribution in [1.29, 1.82) is 0 Å². The van der Waals surface area contributed by atoms with E-state index in [9.17, 15) is 0 Å². The van der Waals surface area contributed by atoms with Gasteiger partial charge >= 0.3 is 0 Å². The van der Waals surface area contributed by atoms with E-state index in [-0.39, 0.29) is 0 Å². The molecule has 1 aromatic carbocycles. The Balaban J connectivity index is 1.88. The fourth-order valence-corrected chi connectivity index (χ4v) is 2.45. The minimum absolute atomic E-state index is 0.716. The Morgan fingerprint density at radius 3 is 2.47 bits per heavy atom. The van der Waals surface area contributed by atoms with Crippen LogP contribution in [0, 0.1) is 6.92 Å². The molecule has 98 valence electrons. The quantitative estimate of drug-likeness (QED) is 0.914. The molecule has 1 aromatic heterocycles. The molecule has 19 heavy (non-hydrogen) atoms. The van der Waals surface area contributed by atoms with Crippen molar-refractivity contribution in [1.82, 2.24) is 9.97 Å². The van der Waals surface area contributed by atoms with Gasteiger partial charge in [0.25, 0.3) is 0 Å². The summed E-state index contributed by atoms with van der Waals surface area (Å²) < 4.78 is 0. The third-order valence-corrected chi connectivity index (χ3v) is 3.34. The molecule has 1 aliphatic heterocycles. The van der Waals surface area contributed by atoms with Gasteiger partial charge in [0, 0.05) is 31.4 Å². The Labute approximate surface area is 113 Å². The van der Waals surface area contributed by atoms with E-state index in [1.165, 1.54) is 11.1 Å². The second kappa shape index (κ2) is 4.88. The SMILES string of the molecule is CCNc1nc(C)cc(N2Cc3ccccc3C2)n1. The van der Waals surface area contributed by atoms with Gasteiger partial charge in [0.05, 0.1) is 0 Å². The molecule has 2 heterocycles. The first-order valence-electron chi connectivity index (χ1n) is 6.67. The number of nitrogens with one attached hydrogen (secondary N) is 1. The zero-order valence-electron chi connectivity index (χ0n) is 11.3. The van der Waals surface area contributed by atoms with Crippen molar-refractivity contribution in [2.24, 2.45) is 0 Å². The summed E-state index contributed by atoms with van der Waals surface area (Å²) in [5.41, 5.74) is 3.78. The molecular formula is C15H18N4. The van der Waals surface area contributed by atoms with Gasteiger partial charge in [-0.3, -0.25) is 0 Å². The van der Waals surface area contributed by atoms with Gasteiger partial charge in [-0.05, 0) is 25.0 Å². The second-order valence-electron chi connectivity index (χ2n) is 4.85. The summed E-state index contributed by atoms with van der Waals surface area (Å²) in [6.07, 6.45) is 0. The number of benzene rings is 1. The lowest BCUT2D eigenvalue weighted by Gasteiger charge is -2.17. The molecule has 0 fully saturated rings. The number of hydrogen-bond acceptors (Lipinski definition) is 4. The molecule has 4 nitrogen and oxygen atoms in total. The van der Waals surface area contributed by atoms with E-state index in [4.69, 9.17) is 0 Å². The van der Waals surface area contributed by atoms with Crippen LogP contribution in [0.25, 0.3) is 0 Å². The summed E-state index contributed by atoms with van der Waals surface area (Å²) in [5, 5.41) is 3.18. The summed E-state index contributed by atoms with van der Waals surface area (Å²) in [5.74, 6) is 1.72. The number of anilines is 2. The smallest absolute Gasteiger partial charge is 0.224 e. The number of nitrogens with zero attached hydrogens (tertiary/aromatic N) is 3. The van der Waals surface area contributed by atoms with E-state index >= 15 is 0 Å². The van der Waals surface area contributed by atoms with Gasteiger partial charge in [0.15, 0.2) is 0 Å². The van der Waals surface area contributed by atoms with Crippen molar-refractivity contribution < 1.29 is 0 Å². The maximum atomic E-state index is 4.59. The minimum atomic E-state index is 0.716. The van der Waals surface area contributed by atoms with Gasteiger partial charge in [-0.15, -0.1) is 0 Å². The van der Waals surface area contributed by atoms with Gasteiger partial charge in [-0.1, -0.05) is 24.3 Å². The largest absolute Gasteiger partial charge is 0.354 e. The van der Waals surface area contributed by atoms with Crippen LogP contribution in [0.1, 0.15) is 23.7 Å². The lowest BCUT2D eigenvalue weighted by atomic mass is 10.1. The fraction of sp³-hybridized carbons (Fsp3) is 0.333. The number of fused-ring (bicyclic) bond motifs is 1. The first kappa shape index (κ1) is 12.0. The topological polar surface area (TPSA) is 41.1 Å². The number of aromatic nitrogens is 2. The van der Waals surface area contributed by atoms with Gasteiger partial charge in [-0.2, -0.15) is 4.98 Å². The molecule has 3 rings (SSSR count). The summed E-state index contributed by atoms with van der Waals surface area (Å²) >= 11 is 0. The van der Waals surface area contributed by atoms with Crippen molar-refractivity contribution in [3.05, 3.63) is 47.2 Å². The monoisotopic (exact) mass is 254 g/mol. The highest BCUT2D eigenvalue weighted by atomic mass is 15.2. The first-order chi connectivity index (χ1) is 9.26. The molecule has 1 N–H and O–H groups in total. The molecule has 0 aliphatic carbocycles. The van der Waals surface area contributed by atoms with Crippen molar-refractivity contribution in [2.45, 2.75) is 26.9 Å². The summed E-state index contributed by atoms with van der Waals surface area (Å²) in [6, 6.07) is 10.6. The Hall–Kier alpha value is -2.10. The molecule has 0 spiro atoms. The van der Waals surface area contributed by atoms with Crippen molar-refractivity contribution >= 4 is 11.8 Å². The van der Waals surface area contributed by atoms with Crippen LogP contribution in [-0.4, -0.2) is 16.5 Å². The third kappa shape index (κ3) is 2.38. The molecule has 2 aromatic rings. The number of aryl methyl sites for hydroxylation is 1. The van der Waals surface area contributed by atoms with E-state index in [0.29, 0.717) is 5.95 Å². The van der Waals surface area contributed by atoms with Crippen LogP contribution in [0.4, 0.5) is 11.8 Å². The van der Waals surface area contributed by atoms with Crippen LogP contribution in [0.15, 0.2) is 30.3 Å². The molecule has 0 radical (unpaired) electrons. The van der Waals surface area contributed by atoms with Crippen LogP contribution in [-0.2, 0) is 13.1 Å². The number of hydrogen-bond donors (Lipinski definition) is 1. The van der Waals surface area contributed by atoms with Crippen molar-refractivity contribution in [3.63, 3.8) is 0 Å². The summed E-state index contributed by atoms with van der Waals surface area (Å²) in [7, 11) is 0. The first-order valence-corrected chi connectivity index (χ1v) is 6.67. The van der Waals surface area contributed by atoms with Gasteiger partial charge < -0.3 is 10.2 Å². The third-order valence-electron chi connectivity index (χ3n) is 3.34. The zero-order valence-corrected chi connectivity index (χ0v) is 11.3. The Morgan fingerprint density at radius 1 is 1.16 bits per heavy atom. The lowest BCUT2D eigenvalue weighted by Crippen LogP contribution is -2.17. The normalized spacial score (nSPS) is 13.5. The molecule has 0 atom stereocenters. The molecule has 0 unspecified atom stereocenters. The van der Waals surface area contributed by atoms with E-state index in [2.05, 4.69) is 51.4 Å². The van der Waals surface area contributed by atoms with Gasteiger partial charge in [0.1, 0.15) is 5.82 Å². The van der Waals surface area contributed by atoms with Gasteiger partial charge in [0.2, 0.25) is 5.95 Å². The van der Waals surface area contributed by atoms with E-state index in [1.54, 1.807) is 0 Å². The van der Waals surface area contributed by atoms with Crippen molar-refractivity contribution in [2.75, 3.05) is 16.8 Å². The maximum Gasteiger partial charge on any atom is 0.224 e. The second-order valence-corrected chi connectivity index (χ2v) is 4.85. The molecule has 0 bridgehead atoms. The zero-order chi connectivity index (χ0) is 13.2. The molecule has 1 aliphatic rings. The molecule has 0 saturated carbocycles. The highest BCUT2D eigenvalue weighted by Crippen LogP contribution is 2.27.